The first-order valence-electron chi connectivity index (χ1n) is 7.97. The quantitative estimate of drug-likeness (QED) is 0.768. The van der Waals surface area contributed by atoms with E-state index in [1.165, 1.54) is 6.92 Å². The molecule has 0 aliphatic carbocycles. The number of hydrogen-bond donors (Lipinski definition) is 1. The van der Waals surface area contributed by atoms with E-state index in [2.05, 4.69) is 5.32 Å². The minimum absolute atomic E-state index is 0.166. The van der Waals surface area contributed by atoms with Gasteiger partial charge in [0.15, 0.2) is 6.10 Å². The normalized spacial score (nSPS) is 12.3. The summed E-state index contributed by atoms with van der Waals surface area (Å²) in [5.74, 6) is -1.34. The highest BCUT2D eigenvalue weighted by Gasteiger charge is 2.30. The molecule has 0 fully saturated rings. The Morgan fingerprint density at radius 2 is 1.63 bits per heavy atom. The van der Waals surface area contributed by atoms with Gasteiger partial charge in [0.05, 0.1) is 17.7 Å². The summed E-state index contributed by atoms with van der Waals surface area (Å²) in [6, 6.07) is 10.5. The molecule has 0 spiro atoms. The number of benzene rings is 2. The van der Waals surface area contributed by atoms with E-state index in [9.17, 15) is 22.8 Å². The molecule has 0 heterocycles. The Labute approximate surface area is 154 Å². The second-order valence-corrected chi connectivity index (χ2v) is 5.74. The molecule has 0 aliphatic rings. The lowest BCUT2D eigenvalue weighted by Crippen LogP contribution is -2.30. The van der Waals surface area contributed by atoms with Crippen molar-refractivity contribution in [2.75, 3.05) is 12.4 Å². The molecule has 0 unspecified atom stereocenters. The van der Waals surface area contributed by atoms with Gasteiger partial charge in [0.25, 0.3) is 5.91 Å². The van der Waals surface area contributed by atoms with Crippen LogP contribution in [0, 0.1) is 0 Å². The van der Waals surface area contributed by atoms with Gasteiger partial charge in [-0.1, -0.05) is 12.1 Å². The van der Waals surface area contributed by atoms with Crippen LogP contribution in [0.2, 0.25) is 0 Å². The number of hydrogen-bond acceptors (Lipinski definition) is 4. The highest BCUT2D eigenvalue weighted by molar-refractivity contribution is 5.97. The maximum Gasteiger partial charge on any atom is 0.416 e. The van der Waals surface area contributed by atoms with Gasteiger partial charge in [0.1, 0.15) is 0 Å². The zero-order valence-corrected chi connectivity index (χ0v) is 14.7. The lowest BCUT2D eigenvalue weighted by molar-refractivity contribution is -0.137. The molecule has 0 radical (unpaired) electrons. The average molecular weight is 381 g/mol. The first-order valence-corrected chi connectivity index (χ1v) is 7.97. The van der Waals surface area contributed by atoms with Crippen LogP contribution in [-0.2, 0) is 27.1 Å². The number of ether oxygens (including phenoxy) is 2. The van der Waals surface area contributed by atoms with Crippen molar-refractivity contribution in [1.82, 2.24) is 0 Å². The predicted molar refractivity (Wildman–Crippen MR) is 92.1 cm³/mol. The summed E-state index contributed by atoms with van der Waals surface area (Å²) >= 11 is 0. The van der Waals surface area contributed by atoms with Crippen LogP contribution in [-0.4, -0.2) is 25.1 Å². The fourth-order valence-electron chi connectivity index (χ4n) is 2.17. The lowest BCUT2D eigenvalue weighted by Gasteiger charge is -2.14. The molecule has 1 N–H and O–H groups in total. The van der Waals surface area contributed by atoms with Crippen molar-refractivity contribution in [2.45, 2.75) is 25.8 Å². The number of methoxy groups -OCH3 is 1. The van der Waals surface area contributed by atoms with Crippen molar-refractivity contribution >= 4 is 17.6 Å². The van der Waals surface area contributed by atoms with Crippen molar-refractivity contribution in [3.8, 4) is 0 Å². The maximum absolute atomic E-state index is 12.5. The second kappa shape index (κ2) is 8.68. The topological polar surface area (TPSA) is 64.6 Å². The molecule has 2 aromatic rings. The predicted octanol–water partition coefficient (Wildman–Crippen LogP) is 4.04. The van der Waals surface area contributed by atoms with Crippen LogP contribution in [0.15, 0.2) is 48.5 Å². The first kappa shape index (κ1) is 20.4. The number of nitrogens with one attached hydrogen (secondary N) is 1. The van der Waals surface area contributed by atoms with Gasteiger partial charge in [0.2, 0.25) is 0 Å². The Bertz CT molecular complexity index is 786. The number of halogens is 3. The molecule has 2 aromatic carbocycles. The van der Waals surface area contributed by atoms with Crippen molar-refractivity contribution in [1.29, 1.82) is 0 Å². The molecule has 0 aromatic heterocycles. The SMILES string of the molecule is COCc1ccc(C(=O)O[C@@H](C)C(=O)Nc2ccc(C(F)(F)F)cc2)cc1. The van der Waals surface area contributed by atoms with E-state index in [0.717, 1.165) is 29.8 Å². The van der Waals surface area contributed by atoms with E-state index in [-0.39, 0.29) is 11.3 Å². The van der Waals surface area contributed by atoms with Gasteiger partial charge in [0, 0.05) is 12.8 Å². The summed E-state index contributed by atoms with van der Waals surface area (Å²) in [6.07, 6.45) is -5.58. The van der Waals surface area contributed by atoms with E-state index in [0.29, 0.717) is 6.61 Å². The zero-order chi connectivity index (χ0) is 20.0. The minimum Gasteiger partial charge on any atom is -0.449 e. The molecule has 8 heteroatoms. The van der Waals surface area contributed by atoms with Gasteiger partial charge in [-0.15, -0.1) is 0 Å². The summed E-state index contributed by atoms with van der Waals surface area (Å²) < 4.78 is 47.7. The van der Waals surface area contributed by atoms with Crippen molar-refractivity contribution in [2.24, 2.45) is 0 Å². The summed E-state index contributed by atoms with van der Waals surface area (Å²) in [5, 5.41) is 2.40. The molecule has 0 saturated carbocycles. The smallest absolute Gasteiger partial charge is 0.416 e. The first-order chi connectivity index (χ1) is 12.7. The Hall–Kier alpha value is -2.87. The van der Waals surface area contributed by atoms with Crippen LogP contribution < -0.4 is 5.32 Å². The number of esters is 1. The Morgan fingerprint density at radius 3 is 2.15 bits per heavy atom. The number of alkyl halides is 3. The Morgan fingerprint density at radius 1 is 1.04 bits per heavy atom. The minimum atomic E-state index is -4.45. The van der Waals surface area contributed by atoms with Crippen LogP contribution in [0.3, 0.4) is 0 Å². The maximum atomic E-state index is 12.5. The van der Waals surface area contributed by atoms with Gasteiger partial charge in [-0.3, -0.25) is 4.79 Å². The molecular formula is C19H18F3NO4. The van der Waals surface area contributed by atoms with Crippen molar-refractivity contribution in [3.05, 3.63) is 65.2 Å². The molecule has 144 valence electrons. The number of carbonyl (C=O) groups excluding carboxylic acids is 2. The largest absolute Gasteiger partial charge is 0.449 e. The number of amides is 1. The summed E-state index contributed by atoms with van der Waals surface area (Å²) in [7, 11) is 1.55. The second-order valence-electron chi connectivity index (χ2n) is 5.74. The summed E-state index contributed by atoms with van der Waals surface area (Å²) in [6.45, 7) is 1.78. The van der Waals surface area contributed by atoms with Gasteiger partial charge in [-0.05, 0) is 48.9 Å². The third-order valence-electron chi connectivity index (χ3n) is 3.63. The summed E-state index contributed by atoms with van der Waals surface area (Å²) in [5.41, 5.74) is 0.489. The molecule has 1 atom stereocenters. The van der Waals surface area contributed by atoms with Crippen LogP contribution in [0.1, 0.15) is 28.4 Å². The van der Waals surface area contributed by atoms with Crippen LogP contribution in [0.4, 0.5) is 18.9 Å². The molecule has 5 nitrogen and oxygen atoms in total. The third kappa shape index (κ3) is 5.82. The van der Waals surface area contributed by atoms with Crippen molar-refractivity contribution in [3.63, 3.8) is 0 Å². The van der Waals surface area contributed by atoms with E-state index in [1.54, 1.807) is 31.4 Å². The number of anilines is 1. The van der Waals surface area contributed by atoms with Gasteiger partial charge in [-0.25, -0.2) is 4.79 Å². The number of carbonyl (C=O) groups is 2. The highest BCUT2D eigenvalue weighted by Crippen LogP contribution is 2.29. The van der Waals surface area contributed by atoms with Crippen LogP contribution in [0.5, 0.6) is 0 Å². The van der Waals surface area contributed by atoms with E-state index in [4.69, 9.17) is 9.47 Å². The fourth-order valence-corrected chi connectivity index (χ4v) is 2.17. The Kier molecular flexibility index (Phi) is 6.57. The average Bonchev–Trinajstić information content (AvgIpc) is 2.62. The standard InChI is InChI=1S/C19H18F3NO4/c1-12(27-18(25)14-5-3-13(4-6-14)11-26-2)17(24)23-16-9-7-15(8-10-16)19(20,21)22/h3-10,12H,11H2,1-2H3,(H,23,24)/t12-/m0/s1. The van der Waals surface area contributed by atoms with Crippen molar-refractivity contribution < 1.29 is 32.2 Å². The van der Waals surface area contributed by atoms with Crippen LogP contribution >= 0.6 is 0 Å². The highest BCUT2D eigenvalue weighted by atomic mass is 19.4. The molecular weight excluding hydrogens is 363 g/mol. The van der Waals surface area contributed by atoms with Gasteiger partial charge >= 0.3 is 12.1 Å². The van der Waals surface area contributed by atoms with E-state index in [1.807, 2.05) is 0 Å². The third-order valence-corrected chi connectivity index (χ3v) is 3.63. The summed E-state index contributed by atoms with van der Waals surface area (Å²) in [4.78, 5) is 24.2. The molecule has 2 rings (SSSR count). The molecule has 0 aliphatic heterocycles. The Balaban J connectivity index is 1.93. The fraction of sp³-hybridized carbons (Fsp3) is 0.263. The number of rotatable bonds is 6. The lowest BCUT2D eigenvalue weighted by atomic mass is 10.1. The van der Waals surface area contributed by atoms with Gasteiger partial charge < -0.3 is 14.8 Å². The van der Waals surface area contributed by atoms with E-state index >= 15 is 0 Å². The zero-order valence-electron chi connectivity index (χ0n) is 14.7. The molecule has 0 bridgehead atoms. The van der Waals surface area contributed by atoms with Gasteiger partial charge in [-0.2, -0.15) is 13.2 Å². The monoisotopic (exact) mass is 381 g/mol. The molecule has 1 amide bonds. The van der Waals surface area contributed by atoms with Crippen LogP contribution in [0.25, 0.3) is 0 Å². The van der Waals surface area contributed by atoms with E-state index < -0.39 is 29.7 Å². The molecule has 0 saturated heterocycles. The molecule has 27 heavy (non-hydrogen) atoms.